The molecule has 22 heavy (non-hydrogen) atoms. The summed E-state index contributed by atoms with van der Waals surface area (Å²) in [6, 6.07) is 0.273. The number of carbonyl (C=O) groups is 1. The zero-order valence-corrected chi connectivity index (χ0v) is 13.7. The van der Waals surface area contributed by atoms with Gasteiger partial charge in [-0.05, 0) is 45.1 Å². The van der Waals surface area contributed by atoms with Crippen LogP contribution in [0.3, 0.4) is 0 Å². The van der Waals surface area contributed by atoms with Crippen LogP contribution in [0.2, 0.25) is 0 Å². The molecule has 1 heterocycles. The molecule has 1 saturated heterocycles. The van der Waals surface area contributed by atoms with Crippen LogP contribution >= 0.6 is 0 Å². The molecule has 0 unspecified atom stereocenters. The monoisotopic (exact) mass is 307 g/mol. The third-order valence-corrected chi connectivity index (χ3v) is 4.77. The Bertz CT molecular complexity index is 409. The van der Waals surface area contributed by atoms with E-state index in [1.807, 2.05) is 4.90 Å². The first-order valence-corrected chi connectivity index (χ1v) is 8.73. The molecule has 1 aliphatic heterocycles. The smallest absolute Gasteiger partial charge is 0.318 e. The number of hydrogen-bond acceptors (Lipinski definition) is 3. The molecule has 2 fully saturated rings. The van der Waals surface area contributed by atoms with Crippen molar-refractivity contribution in [2.75, 3.05) is 39.8 Å². The van der Waals surface area contributed by atoms with E-state index in [1.165, 1.54) is 25.8 Å². The number of likely N-dealkylation sites (N-methyl/N-ethyl adjacent to an activating group) is 1. The van der Waals surface area contributed by atoms with E-state index in [4.69, 9.17) is 4.74 Å². The fraction of sp³-hybridized carbons (Fsp3) is 0.824. The maximum Gasteiger partial charge on any atom is 0.318 e. The SMILES string of the molecule is CN(CC1CC1)C[C@H]1CN(C(=O)N[C@H]2C=CCCC2)CCO1. The summed E-state index contributed by atoms with van der Waals surface area (Å²) in [6.45, 7) is 4.14. The molecule has 0 aromatic carbocycles. The second kappa shape index (κ2) is 7.47. The van der Waals surface area contributed by atoms with Gasteiger partial charge in [0.15, 0.2) is 0 Å². The van der Waals surface area contributed by atoms with E-state index >= 15 is 0 Å². The van der Waals surface area contributed by atoms with Gasteiger partial charge >= 0.3 is 6.03 Å². The molecule has 5 heteroatoms. The van der Waals surface area contributed by atoms with Crippen molar-refractivity contribution in [3.63, 3.8) is 0 Å². The predicted octanol–water partition coefficient (Wildman–Crippen LogP) is 1.85. The molecule has 0 radical (unpaired) electrons. The average molecular weight is 307 g/mol. The summed E-state index contributed by atoms with van der Waals surface area (Å²) in [5, 5.41) is 3.14. The molecule has 2 atom stereocenters. The lowest BCUT2D eigenvalue weighted by molar-refractivity contribution is -0.0279. The van der Waals surface area contributed by atoms with Gasteiger partial charge in [0.2, 0.25) is 0 Å². The van der Waals surface area contributed by atoms with Crippen molar-refractivity contribution in [1.82, 2.24) is 15.1 Å². The summed E-state index contributed by atoms with van der Waals surface area (Å²) < 4.78 is 5.84. The second-order valence-electron chi connectivity index (χ2n) is 7.02. The number of ether oxygens (including phenoxy) is 1. The van der Waals surface area contributed by atoms with Crippen molar-refractivity contribution in [1.29, 1.82) is 0 Å². The molecule has 0 aromatic rings. The molecule has 0 spiro atoms. The van der Waals surface area contributed by atoms with Crippen molar-refractivity contribution in [3.05, 3.63) is 12.2 Å². The van der Waals surface area contributed by atoms with Gasteiger partial charge in [0.25, 0.3) is 0 Å². The first-order valence-electron chi connectivity index (χ1n) is 8.73. The molecule has 2 amide bonds. The Labute approximate surface area is 133 Å². The molecule has 3 aliphatic rings. The third kappa shape index (κ3) is 4.71. The minimum absolute atomic E-state index is 0.0645. The Morgan fingerprint density at radius 3 is 2.95 bits per heavy atom. The van der Waals surface area contributed by atoms with Crippen molar-refractivity contribution < 1.29 is 9.53 Å². The highest BCUT2D eigenvalue weighted by molar-refractivity contribution is 5.75. The molecule has 1 N–H and O–H groups in total. The Morgan fingerprint density at radius 2 is 2.23 bits per heavy atom. The number of nitrogens with one attached hydrogen (secondary N) is 1. The van der Waals surface area contributed by atoms with Gasteiger partial charge < -0.3 is 19.9 Å². The largest absolute Gasteiger partial charge is 0.373 e. The van der Waals surface area contributed by atoms with E-state index in [9.17, 15) is 4.79 Å². The standard InChI is InChI=1S/C17H29N3O2/c1-19(11-14-7-8-14)12-16-13-20(9-10-22-16)17(21)18-15-5-3-2-4-6-15/h3,5,14-16H,2,4,6-13H2,1H3,(H,18,21)/t15-,16-/m0/s1. The Balaban J connectivity index is 1.43. The Hall–Kier alpha value is -1.07. The predicted molar refractivity (Wildman–Crippen MR) is 86.8 cm³/mol. The third-order valence-electron chi connectivity index (χ3n) is 4.77. The normalized spacial score (nSPS) is 28.9. The van der Waals surface area contributed by atoms with Crippen molar-refractivity contribution >= 4 is 6.03 Å². The van der Waals surface area contributed by atoms with Crippen LogP contribution in [-0.4, -0.2) is 67.8 Å². The Kier molecular flexibility index (Phi) is 5.37. The maximum absolute atomic E-state index is 12.4. The van der Waals surface area contributed by atoms with Crippen LogP contribution in [-0.2, 0) is 4.74 Å². The lowest BCUT2D eigenvalue weighted by atomic mass is 10.0. The first kappa shape index (κ1) is 15.8. The fourth-order valence-electron chi connectivity index (χ4n) is 3.36. The van der Waals surface area contributed by atoms with Crippen LogP contribution < -0.4 is 5.32 Å². The summed E-state index contributed by atoms with van der Waals surface area (Å²) >= 11 is 0. The Morgan fingerprint density at radius 1 is 1.36 bits per heavy atom. The number of morpholine rings is 1. The van der Waals surface area contributed by atoms with Crippen molar-refractivity contribution in [2.24, 2.45) is 5.92 Å². The number of nitrogens with zero attached hydrogens (tertiary/aromatic N) is 2. The van der Waals surface area contributed by atoms with Gasteiger partial charge in [0.1, 0.15) is 0 Å². The second-order valence-corrected chi connectivity index (χ2v) is 7.02. The van der Waals surface area contributed by atoms with Gasteiger partial charge in [-0.15, -0.1) is 0 Å². The molecule has 5 nitrogen and oxygen atoms in total. The number of hydrogen-bond donors (Lipinski definition) is 1. The molecule has 3 rings (SSSR count). The van der Waals surface area contributed by atoms with Gasteiger partial charge in [0.05, 0.1) is 12.7 Å². The minimum atomic E-state index is 0.0645. The molecule has 2 aliphatic carbocycles. The fourth-order valence-corrected chi connectivity index (χ4v) is 3.36. The van der Waals surface area contributed by atoms with E-state index in [1.54, 1.807) is 0 Å². The molecular weight excluding hydrogens is 278 g/mol. The number of urea groups is 1. The van der Waals surface area contributed by atoms with E-state index in [0.29, 0.717) is 19.7 Å². The summed E-state index contributed by atoms with van der Waals surface area (Å²) in [5.41, 5.74) is 0. The zero-order chi connectivity index (χ0) is 15.4. The van der Waals surface area contributed by atoms with E-state index in [2.05, 4.69) is 29.4 Å². The highest BCUT2D eigenvalue weighted by atomic mass is 16.5. The van der Waals surface area contributed by atoms with Gasteiger partial charge in [-0.2, -0.15) is 0 Å². The zero-order valence-electron chi connectivity index (χ0n) is 13.7. The van der Waals surface area contributed by atoms with E-state index in [-0.39, 0.29) is 18.2 Å². The van der Waals surface area contributed by atoms with E-state index < -0.39 is 0 Å². The lowest BCUT2D eigenvalue weighted by Gasteiger charge is -2.35. The van der Waals surface area contributed by atoms with Gasteiger partial charge in [-0.1, -0.05) is 12.2 Å². The van der Waals surface area contributed by atoms with Crippen molar-refractivity contribution in [2.45, 2.75) is 44.2 Å². The van der Waals surface area contributed by atoms with Gasteiger partial charge in [0, 0.05) is 32.2 Å². The average Bonchev–Trinajstić information content (AvgIpc) is 3.32. The molecule has 124 valence electrons. The minimum Gasteiger partial charge on any atom is -0.373 e. The number of amides is 2. The first-order chi connectivity index (χ1) is 10.7. The highest BCUT2D eigenvalue weighted by Crippen LogP contribution is 2.29. The lowest BCUT2D eigenvalue weighted by Crippen LogP contribution is -2.53. The summed E-state index contributed by atoms with van der Waals surface area (Å²) in [4.78, 5) is 16.7. The summed E-state index contributed by atoms with van der Waals surface area (Å²) in [6.07, 6.45) is 10.5. The van der Waals surface area contributed by atoms with E-state index in [0.717, 1.165) is 25.3 Å². The summed E-state index contributed by atoms with van der Waals surface area (Å²) in [7, 11) is 2.16. The quantitative estimate of drug-likeness (QED) is 0.788. The summed E-state index contributed by atoms with van der Waals surface area (Å²) in [5.74, 6) is 0.895. The van der Waals surface area contributed by atoms with Gasteiger partial charge in [-0.25, -0.2) is 4.79 Å². The van der Waals surface area contributed by atoms with Crippen molar-refractivity contribution in [3.8, 4) is 0 Å². The van der Waals surface area contributed by atoms with Gasteiger partial charge in [-0.3, -0.25) is 0 Å². The topological polar surface area (TPSA) is 44.8 Å². The van der Waals surface area contributed by atoms with Crippen LogP contribution in [0.15, 0.2) is 12.2 Å². The van der Waals surface area contributed by atoms with Crippen LogP contribution in [0.4, 0.5) is 4.79 Å². The van der Waals surface area contributed by atoms with Crippen LogP contribution in [0.5, 0.6) is 0 Å². The molecule has 0 aromatic heterocycles. The molecule has 1 saturated carbocycles. The van der Waals surface area contributed by atoms with Crippen LogP contribution in [0.1, 0.15) is 32.1 Å². The van der Waals surface area contributed by atoms with Crippen LogP contribution in [0, 0.1) is 5.92 Å². The highest BCUT2D eigenvalue weighted by Gasteiger charge is 2.28. The van der Waals surface area contributed by atoms with Crippen LogP contribution in [0.25, 0.3) is 0 Å². The maximum atomic E-state index is 12.4. The number of carbonyl (C=O) groups excluding carboxylic acids is 1. The number of rotatable bonds is 5. The molecular formula is C17H29N3O2. The molecule has 0 bridgehead atoms. The number of allylic oxidation sites excluding steroid dienone is 1.